The van der Waals surface area contributed by atoms with Gasteiger partial charge in [0.25, 0.3) is 0 Å². The third-order valence-electron chi connectivity index (χ3n) is 2.99. The van der Waals surface area contributed by atoms with Crippen molar-refractivity contribution < 1.29 is 24.2 Å². The maximum atomic E-state index is 11.8. The number of aliphatic carboxylic acids is 1. The molecular weight excluding hydrogens is 288 g/mol. The van der Waals surface area contributed by atoms with Crippen molar-refractivity contribution in [3.05, 3.63) is 35.4 Å². The lowest BCUT2D eigenvalue weighted by Gasteiger charge is -2.18. The van der Waals surface area contributed by atoms with Gasteiger partial charge in [-0.2, -0.15) is 0 Å². The highest BCUT2D eigenvalue weighted by molar-refractivity contribution is 5.89. The van der Waals surface area contributed by atoms with E-state index in [0.717, 1.165) is 5.56 Å². The number of carboxylic acid groups (broad SMARTS) is 1. The van der Waals surface area contributed by atoms with Crippen LogP contribution < -0.4 is 5.32 Å². The fraction of sp³-hybridized carbons (Fsp3) is 0.400. The maximum Gasteiger partial charge on any atom is 0.337 e. The first-order chi connectivity index (χ1) is 10.4. The van der Waals surface area contributed by atoms with Gasteiger partial charge in [0.1, 0.15) is 0 Å². The third kappa shape index (κ3) is 5.82. The Morgan fingerprint density at radius 3 is 2.41 bits per heavy atom. The van der Waals surface area contributed by atoms with Gasteiger partial charge in [0.15, 0.2) is 0 Å². The Bertz CT molecular complexity index is 527. The summed E-state index contributed by atoms with van der Waals surface area (Å²) in [4.78, 5) is 35.0. The van der Waals surface area contributed by atoms with Crippen molar-refractivity contribution >= 4 is 18.0 Å². The SMILES string of the molecule is COC(=O)c1ccc(CN(C)C(=O)NCCCC(=O)O)cc1. The van der Waals surface area contributed by atoms with Gasteiger partial charge >= 0.3 is 18.0 Å². The summed E-state index contributed by atoms with van der Waals surface area (Å²) in [5, 5.41) is 11.2. The Morgan fingerprint density at radius 1 is 1.23 bits per heavy atom. The molecule has 1 rings (SSSR count). The van der Waals surface area contributed by atoms with E-state index in [1.807, 2.05) is 0 Å². The van der Waals surface area contributed by atoms with Crippen molar-refractivity contribution in [1.29, 1.82) is 0 Å². The summed E-state index contributed by atoms with van der Waals surface area (Å²) in [6.45, 7) is 0.697. The van der Waals surface area contributed by atoms with Crippen LogP contribution in [0, 0.1) is 0 Å². The van der Waals surface area contributed by atoms with Gasteiger partial charge in [0.2, 0.25) is 0 Å². The van der Waals surface area contributed by atoms with Gasteiger partial charge in [-0.05, 0) is 24.1 Å². The summed E-state index contributed by atoms with van der Waals surface area (Å²) in [5.74, 6) is -1.29. The number of carbonyl (C=O) groups is 3. The molecule has 0 unspecified atom stereocenters. The first-order valence-corrected chi connectivity index (χ1v) is 6.82. The number of carboxylic acids is 1. The minimum atomic E-state index is -0.881. The second-order valence-corrected chi connectivity index (χ2v) is 4.77. The Hall–Kier alpha value is -2.57. The van der Waals surface area contributed by atoms with Crippen LogP contribution in [0.3, 0.4) is 0 Å². The fourth-order valence-electron chi connectivity index (χ4n) is 1.78. The molecule has 0 aliphatic rings. The minimum absolute atomic E-state index is 0.0268. The van der Waals surface area contributed by atoms with E-state index < -0.39 is 11.9 Å². The molecule has 0 atom stereocenters. The van der Waals surface area contributed by atoms with E-state index in [1.165, 1.54) is 12.0 Å². The Balaban J connectivity index is 2.43. The van der Waals surface area contributed by atoms with E-state index in [4.69, 9.17) is 5.11 Å². The molecule has 2 N–H and O–H groups in total. The number of urea groups is 1. The van der Waals surface area contributed by atoms with Gasteiger partial charge in [0.05, 0.1) is 12.7 Å². The zero-order valence-corrected chi connectivity index (χ0v) is 12.7. The summed E-state index contributed by atoms with van der Waals surface area (Å²) in [6.07, 6.45) is 0.418. The second kappa shape index (κ2) is 8.66. The van der Waals surface area contributed by atoms with Crippen molar-refractivity contribution in [2.75, 3.05) is 20.7 Å². The number of methoxy groups -OCH3 is 1. The first kappa shape index (κ1) is 17.5. The predicted octanol–water partition coefficient (Wildman–Crippen LogP) is 1.48. The molecule has 120 valence electrons. The van der Waals surface area contributed by atoms with E-state index >= 15 is 0 Å². The van der Waals surface area contributed by atoms with Crippen molar-refractivity contribution in [1.82, 2.24) is 10.2 Å². The summed E-state index contributed by atoms with van der Waals surface area (Å²) in [5.41, 5.74) is 1.32. The lowest BCUT2D eigenvalue weighted by molar-refractivity contribution is -0.137. The van der Waals surface area contributed by atoms with Crippen molar-refractivity contribution in [3.8, 4) is 0 Å². The van der Waals surface area contributed by atoms with E-state index in [0.29, 0.717) is 25.1 Å². The molecule has 0 aliphatic carbocycles. The molecule has 2 amide bonds. The average Bonchev–Trinajstić information content (AvgIpc) is 2.51. The molecule has 0 aromatic heterocycles. The van der Waals surface area contributed by atoms with Crippen molar-refractivity contribution in [2.24, 2.45) is 0 Å². The summed E-state index contributed by atoms with van der Waals surface area (Å²) >= 11 is 0. The fourth-order valence-corrected chi connectivity index (χ4v) is 1.78. The van der Waals surface area contributed by atoms with Gasteiger partial charge in [-0.15, -0.1) is 0 Å². The summed E-state index contributed by atoms with van der Waals surface area (Å²) in [7, 11) is 2.96. The van der Waals surface area contributed by atoms with Crippen LogP contribution in [0.5, 0.6) is 0 Å². The van der Waals surface area contributed by atoms with Crippen molar-refractivity contribution in [3.63, 3.8) is 0 Å². The Labute approximate surface area is 128 Å². The summed E-state index contributed by atoms with van der Waals surface area (Å²) < 4.78 is 4.61. The minimum Gasteiger partial charge on any atom is -0.481 e. The maximum absolute atomic E-state index is 11.8. The van der Waals surface area contributed by atoms with E-state index in [-0.39, 0.29) is 12.5 Å². The van der Waals surface area contributed by atoms with Gasteiger partial charge < -0.3 is 20.1 Å². The largest absolute Gasteiger partial charge is 0.481 e. The first-order valence-electron chi connectivity index (χ1n) is 6.82. The highest BCUT2D eigenvalue weighted by Crippen LogP contribution is 2.08. The molecule has 1 aromatic rings. The van der Waals surface area contributed by atoms with Crippen LogP contribution >= 0.6 is 0 Å². The van der Waals surface area contributed by atoms with Crippen LogP contribution in [0.4, 0.5) is 4.79 Å². The van der Waals surface area contributed by atoms with Crippen LogP contribution in [0.2, 0.25) is 0 Å². The van der Waals surface area contributed by atoms with E-state index in [2.05, 4.69) is 10.1 Å². The number of hydrogen-bond donors (Lipinski definition) is 2. The topological polar surface area (TPSA) is 95.9 Å². The molecular formula is C15H20N2O5. The molecule has 0 saturated carbocycles. The third-order valence-corrected chi connectivity index (χ3v) is 2.99. The highest BCUT2D eigenvalue weighted by atomic mass is 16.5. The molecule has 0 radical (unpaired) electrons. The lowest BCUT2D eigenvalue weighted by atomic mass is 10.1. The number of nitrogens with one attached hydrogen (secondary N) is 1. The number of nitrogens with zero attached hydrogens (tertiary/aromatic N) is 1. The Kier molecular flexibility index (Phi) is 6.88. The van der Waals surface area contributed by atoms with Crippen LogP contribution in [-0.4, -0.2) is 48.7 Å². The monoisotopic (exact) mass is 308 g/mol. The number of amides is 2. The zero-order valence-electron chi connectivity index (χ0n) is 12.7. The van der Waals surface area contributed by atoms with Crippen LogP contribution in [-0.2, 0) is 16.1 Å². The molecule has 0 saturated heterocycles. The molecule has 0 heterocycles. The number of rotatable bonds is 7. The smallest absolute Gasteiger partial charge is 0.337 e. The molecule has 0 spiro atoms. The number of carbonyl (C=O) groups excluding carboxylic acids is 2. The van der Waals surface area contributed by atoms with Gasteiger partial charge in [-0.1, -0.05) is 12.1 Å². The van der Waals surface area contributed by atoms with Crippen molar-refractivity contribution in [2.45, 2.75) is 19.4 Å². The average molecular weight is 308 g/mol. The van der Waals surface area contributed by atoms with Crippen LogP contribution in [0.1, 0.15) is 28.8 Å². The van der Waals surface area contributed by atoms with E-state index in [9.17, 15) is 14.4 Å². The molecule has 22 heavy (non-hydrogen) atoms. The number of benzene rings is 1. The number of esters is 1. The standard InChI is InChI=1S/C15H20N2O5/c1-17(15(21)16-9-3-4-13(18)19)10-11-5-7-12(8-6-11)14(20)22-2/h5-8H,3-4,9-10H2,1-2H3,(H,16,21)(H,18,19). The summed E-state index contributed by atoms with van der Waals surface area (Å²) in [6, 6.07) is 6.50. The normalized spacial score (nSPS) is 9.91. The molecule has 0 bridgehead atoms. The van der Waals surface area contributed by atoms with Crippen LogP contribution in [0.15, 0.2) is 24.3 Å². The number of ether oxygens (including phenoxy) is 1. The number of hydrogen-bond acceptors (Lipinski definition) is 4. The molecule has 7 nitrogen and oxygen atoms in total. The zero-order chi connectivity index (χ0) is 16.5. The van der Waals surface area contributed by atoms with Gasteiger partial charge in [0, 0.05) is 26.6 Å². The van der Waals surface area contributed by atoms with E-state index in [1.54, 1.807) is 31.3 Å². The van der Waals surface area contributed by atoms with Gasteiger partial charge in [-0.25, -0.2) is 9.59 Å². The lowest BCUT2D eigenvalue weighted by Crippen LogP contribution is -2.37. The second-order valence-electron chi connectivity index (χ2n) is 4.77. The van der Waals surface area contributed by atoms with Gasteiger partial charge in [-0.3, -0.25) is 4.79 Å². The molecule has 0 fully saturated rings. The molecule has 7 heteroatoms. The molecule has 0 aliphatic heterocycles. The highest BCUT2D eigenvalue weighted by Gasteiger charge is 2.10. The van der Waals surface area contributed by atoms with Crippen LogP contribution in [0.25, 0.3) is 0 Å². The Morgan fingerprint density at radius 2 is 1.86 bits per heavy atom. The quantitative estimate of drug-likeness (QED) is 0.587. The molecule has 1 aromatic carbocycles. The predicted molar refractivity (Wildman–Crippen MR) is 79.5 cm³/mol.